The fourth-order valence-electron chi connectivity index (χ4n) is 5.32. The van der Waals surface area contributed by atoms with E-state index in [0.29, 0.717) is 22.3 Å². The quantitative estimate of drug-likeness (QED) is 0.465. The van der Waals surface area contributed by atoms with Crippen LogP contribution in [0.4, 0.5) is 4.39 Å². The molecular formula is C28H28FNO4. The number of hydrogen-bond acceptors (Lipinski definition) is 5. The minimum atomic E-state index is -0.690. The van der Waals surface area contributed by atoms with Gasteiger partial charge >= 0.3 is 0 Å². The molecule has 0 radical (unpaired) electrons. The first kappa shape index (κ1) is 23.6. The second-order valence-corrected chi connectivity index (χ2v) is 9.10. The van der Waals surface area contributed by atoms with Gasteiger partial charge in [0.25, 0.3) is 0 Å². The maximum Gasteiger partial charge on any atom is 0.168 e. The van der Waals surface area contributed by atoms with Gasteiger partial charge in [0.05, 0.1) is 0 Å². The second kappa shape index (κ2) is 9.39. The van der Waals surface area contributed by atoms with Crippen LogP contribution in [-0.4, -0.2) is 33.9 Å². The molecular weight excluding hydrogens is 433 g/mol. The van der Waals surface area contributed by atoms with Gasteiger partial charge in [-0.3, -0.25) is 9.59 Å². The van der Waals surface area contributed by atoms with Crippen LogP contribution in [0.5, 0.6) is 11.5 Å². The van der Waals surface area contributed by atoms with Gasteiger partial charge in [0.1, 0.15) is 17.3 Å². The van der Waals surface area contributed by atoms with Crippen LogP contribution in [0.15, 0.2) is 66.7 Å². The van der Waals surface area contributed by atoms with Gasteiger partial charge in [0.15, 0.2) is 11.6 Å². The van der Waals surface area contributed by atoms with Gasteiger partial charge < -0.3 is 15.5 Å². The summed E-state index contributed by atoms with van der Waals surface area (Å²) in [6, 6.07) is 16.4. The summed E-state index contributed by atoms with van der Waals surface area (Å²) >= 11 is 0. The number of carbonyl (C=O) groups excluding carboxylic acids is 2. The maximum absolute atomic E-state index is 14.7. The highest BCUT2D eigenvalue weighted by molar-refractivity contribution is 6.03. The average molecular weight is 462 g/mol. The predicted molar refractivity (Wildman–Crippen MR) is 128 cm³/mol. The van der Waals surface area contributed by atoms with Crippen molar-refractivity contribution < 1.29 is 24.2 Å². The van der Waals surface area contributed by atoms with Gasteiger partial charge in [-0.15, -0.1) is 0 Å². The number of carbonyl (C=O) groups is 2. The van der Waals surface area contributed by atoms with Gasteiger partial charge in [-0.05, 0) is 62.2 Å². The first-order chi connectivity index (χ1) is 16.2. The SMILES string of the molecule is Cc1c(F)cccc1[C@@H]1[C@@H](C(=O)c2cccc(O)c2)[C@H](C)N[C@H](C)[C@H]1C(=O)c1cccc(O)c1. The van der Waals surface area contributed by atoms with Crippen LogP contribution in [0.1, 0.15) is 51.6 Å². The van der Waals surface area contributed by atoms with E-state index in [9.17, 15) is 24.2 Å². The van der Waals surface area contributed by atoms with Crippen molar-refractivity contribution in [2.45, 2.75) is 38.8 Å². The fourth-order valence-corrected chi connectivity index (χ4v) is 5.32. The number of halogens is 1. The van der Waals surface area contributed by atoms with Gasteiger partial charge in [-0.2, -0.15) is 0 Å². The molecule has 0 bridgehead atoms. The summed E-state index contributed by atoms with van der Waals surface area (Å²) in [6.07, 6.45) is 0. The number of aromatic hydroxyl groups is 2. The van der Waals surface area contributed by atoms with Crippen molar-refractivity contribution in [1.82, 2.24) is 5.32 Å². The highest BCUT2D eigenvalue weighted by Crippen LogP contribution is 2.44. The molecule has 176 valence electrons. The summed E-state index contributed by atoms with van der Waals surface area (Å²) in [7, 11) is 0. The Hall–Kier alpha value is -3.51. The summed E-state index contributed by atoms with van der Waals surface area (Å²) in [5.74, 6) is -2.91. The Bertz CT molecular complexity index is 1170. The molecule has 3 aromatic rings. The molecule has 1 heterocycles. The summed E-state index contributed by atoms with van der Waals surface area (Å²) in [5, 5.41) is 23.3. The van der Waals surface area contributed by atoms with E-state index in [1.54, 1.807) is 43.3 Å². The zero-order valence-electron chi connectivity index (χ0n) is 19.3. The second-order valence-electron chi connectivity index (χ2n) is 9.10. The molecule has 0 unspecified atom stereocenters. The number of rotatable bonds is 5. The largest absolute Gasteiger partial charge is 0.508 e. The minimum Gasteiger partial charge on any atom is -0.508 e. The number of Topliss-reactive ketones (excluding diaryl/α,β-unsaturated/α-hetero) is 2. The van der Waals surface area contributed by atoms with Crippen molar-refractivity contribution in [3.05, 3.63) is 94.8 Å². The normalized spacial score (nSPS) is 24.5. The van der Waals surface area contributed by atoms with E-state index in [1.807, 2.05) is 13.8 Å². The molecule has 34 heavy (non-hydrogen) atoms. The van der Waals surface area contributed by atoms with Gasteiger partial charge in [-0.1, -0.05) is 36.4 Å². The lowest BCUT2D eigenvalue weighted by atomic mass is 9.63. The van der Waals surface area contributed by atoms with E-state index in [0.717, 1.165) is 0 Å². The highest BCUT2D eigenvalue weighted by Gasteiger charge is 2.49. The number of piperidine rings is 1. The molecule has 0 amide bonds. The third-order valence-electron chi connectivity index (χ3n) is 6.91. The Morgan fingerprint density at radius 3 is 1.74 bits per heavy atom. The number of phenolic OH excluding ortho intramolecular Hbond substituents is 2. The molecule has 1 saturated heterocycles. The Morgan fingerprint density at radius 2 is 1.26 bits per heavy atom. The van der Waals surface area contributed by atoms with Crippen molar-refractivity contribution >= 4 is 11.6 Å². The number of benzene rings is 3. The number of ketones is 2. The minimum absolute atomic E-state index is 0.0264. The molecule has 0 spiro atoms. The van der Waals surface area contributed by atoms with Gasteiger partial charge in [0, 0.05) is 41.0 Å². The zero-order valence-corrected chi connectivity index (χ0v) is 19.3. The molecule has 3 aromatic carbocycles. The molecule has 3 N–H and O–H groups in total. The monoisotopic (exact) mass is 461 g/mol. The maximum atomic E-state index is 14.7. The number of nitrogens with one attached hydrogen (secondary N) is 1. The average Bonchev–Trinajstić information content (AvgIpc) is 2.80. The Labute approximate surface area is 198 Å². The lowest BCUT2D eigenvalue weighted by Gasteiger charge is -2.46. The van der Waals surface area contributed by atoms with Crippen LogP contribution in [0.25, 0.3) is 0 Å². The standard InChI is InChI=1S/C28H28FNO4/c1-15-22(11-6-12-23(15)29)26-24(27(33)18-7-4-9-20(31)13-18)16(2)30-17(3)25(26)28(34)19-8-5-10-21(32)14-19/h4-14,16-17,24-26,30-32H,1-3H3/t16-,17+,24-,25+,26+. The Kier molecular flexibility index (Phi) is 6.53. The zero-order chi connectivity index (χ0) is 24.6. The smallest absolute Gasteiger partial charge is 0.168 e. The Morgan fingerprint density at radius 1 is 0.794 bits per heavy atom. The van der Waals surface area contributed by atoms with Crippen LogP contribution in [0.2, 0.25) is 0 Å². The van der Waals surface area contributed by atoms with Crippen LogP contribution in [0, 0.1) is 24.6 Å². The van der Waals surface area contributed by atoms with Crippen molar-refractivity contribution in [2.24, 2.45) is 11.8 Å². The molecule has 5 nitrogen and oxygen atoms in total. The molecule has 0 aliphatic carbocycles. The molecule has 6 heteroatoms. The van der Waals surface area contributed by atoms with Crippen molar-refractivity contribution in [3.8, 4) is 11.5 Å². The molecule has 5 atom stereocenters. The van der Waals surface area contributed by atoms with E-state index < -0.39 is 23.6 Å². The van der Waals surface area contributed by atoms with E-state index >= 15 is 0 Å². The molecule has 1 aliphatic rings. The predicted octanol–water partition coefficient (Wildman–Crippen LogP) is 5.01. The van der Waals surface area contributed by atoms with Crippen LogP contribution >= 0.6 is 0 Å². The first-order valence-corrected chi connectivity index (χ1v) is 11.4. The molecule has 0 aromatic heterocycles. The third-order valence-corrected chi connectivity index (χ3v) is 6.91. The van der Waals surface area contributed by atoms with E-state index in [4.69, 9.17) is 0 Å². The molecule has 0 saturated carbocycles. The lowest BCUT2D eigenvalue weighted by Crippen LogP contribution is -2.58. The van der Waals surface area contributed by atoms with Crippen molar-refractivity contribution in [3.63, 3.8) is 0 Å². The lowest BCUT2D eigenvalue weighted by molar-refractivity contribution is 0.0647. The first-order valence-electron chi connectivity index (χ1n) is 11.4. The molecule has 1 fully saturated rings. The molecule has 4 rings (SSSR count). The van der Waals surface area contributed by atoms with Gasteiger partial charge in [-0.25, -0.2) is 4.39 Å². The summed E-state index contributed by atoms with van der Waals surface area (Å²) in [6.45, 7) is 5.44. The van der Waals surface area contributed by atoms with E-state index in [-0.39, 0.29) is 35.1 Å². The highest BCUT2D eigenvalue weighted by atomic mass is 19.1. The van der Waals surface area contributed by atoms with E-state index in [2.05, 4.69) is 5.32 Å². The summed E-state index contributed by atoms with van der Waals surface area (Å²) < 4.78 is 14.7. The third kappa shape index (κ3) is 4.33. The number of phenols is 2. The number of hydrogen-bond donors (Lipinski definition) is 3. The topological polar surface area (TPSA) is 86.6 Å². The van der Waals surface area contributed by atoms with Crippen LogP contribution in [0.3, 0.4) is 0 Å². The Balaban J connectivity index is 1.89. The van der Waals surface area contributed by atoms with E-state index in [1.165, 1.54) is 30.3 Å². The van der Waals surface area contributed by atoms with Gasteiger partial charge in [0.2, 0.25) is 0 Å². The summed E-state index contributed by atoms with van der Waals surface area (Å²) in [4.78, 5) is 27.6. The van der Waals surface area contributed by atoms with Crippen LogP contribution < -0.4 is 5.32 Å². The fraction of sp³-hybridized carbons (Fsp3) is 0.286. The van der Waals surface area contributed by atoms with Crippen LogP contribution in [-0.2, 0) is 0 Å². The molecule has 1 aliphatic heterocycles. The van der Waals surface area contributed by atoms with Crippen molar-refractivity contribution in [1.29, 1.82) is 0 Å². The van der Waals surface area contributed by atoms with Crippen molar-refractivity contribution in [2.75, 3.05) is 0 Å². The summed E-state index contributed by atoms with van der Waals surface area (Å²) in [5.41, 5.74) is 1.67.